The number of hydrogen-bond acceptors (Lipinski definition) is 4. The van der Waals surface area contributed by atoms with Crippen LogP contribution in [-0.2, 0) is 16.4 Å². The zero-order chi connectivity index (χ0) is 24.1. The maximum Gasteiger partial charge on any atom is 0.263 e. The van der Waals surface area contributed by atoms with Gasteiger partial charge in [-0.1, -0.05) is 55.8 Å². The molecule has 176 valence electrons. The smallest absolute Gasteiger partial charge is 0.263 e. The van der Waals surface area contributed by atoms with Crippen molar-refractivity contribution in [1.29, 1.82) is 0 Å². The molecule has 4 aromatic rings. The summed E-state index contributed by atoms with van der Waals surface area (Å²) in [6.45, 7) is 4.10. The van der Waals surface area contributed by atoms with Crippen LogP contribution in [0, 0.1) is 6.92 Å². The number of ether oxygens (including phenoxy) is 1. The van der Waals surface area contributed by atoms with Gasteiger partial charge in [0.2, 0.25) is 0 Å². The minimum atomic E-state index is -3.82. The van der Waals surface area contributed by atoms with Gasteiger partial charge >= 0.3 is 0 Å². The summed E-state index contributed by atoms with van der Waals surface area (Å²) in [6, 6.07) is 24.1. The first-order valence-electron chi connectivity index (χ1n) is 11.3. The third-order valence-corrected chi connectivity index (χ3v) is 7.10. The fourth-order valence-corrected chi connectivity index (χ4v) is 4.87. The normalized spacial score (nSPS) is 11.4. The third-order valence-electron chi connectivity index (χ3n) is 5.73. The lowest BCUT2D eigenvalue weighted by Crippen LogP contribution is -2.16. The number of hydrogen-bond donors (Lipinski definition) is 1. The molecule has 7 heteroatoms. The number of anilines is 1. The summed E-state index contributed by atoms with van der Waals surface area (Å²) >= 11 is 0. The number of unbranched alkanes of at least 4 members (excludes halogenated alkanes) is 1. The van der Waals surface area contributed by atoms with Gasteiger partial charge in [-0.2, -0.15) is 5.10 Å². The summed E-state index contributed by atoms with van der Waals surface area (Å²) in [6.07, 6.45) is 3.11. The van der Waals surface area contributed by atoms with Crippen molar-refractivity contribution in [3.63, 3.8) is 0 Å². The summed E-state index contributed by atoms with van der Waals surface area (Å²) in [5, 5.41) is 4.76. The monoisotopic (exact) mass is 475 g/mol. The van der Waals surface area contributed by atoms with E-state index >= 15 is 0 Å². The first-order valence-corrected chi connectivity index (χ1v) is 12.8. The number of methoxy groups -OCH3 is 1. The van der Waals surface area contributed by atoms with Crippen molar-refractivity contribution in [2.45, 2.75) is 38.0 Å². The first kappa shape index (κ1) is 23.6. The van der Waals surface area contributed by atoms with E-state index in [2.05, 4.69) is 11.6 Å². The Morgan fingerprint density at radius 1 is 0.971 bits per heavy atom. The lowest BCUT2D eigenvalue weighted by molar-refractivity contribution is 0.416. The number of aryl methyl sites for hydroxylation is 2. The maximum absolute atomic E-state index is 13.3. The molecule has 0 bridgehead atoms. The molecule has 6 nitrogen and oxygen atoms in total. The van der Waals surface area contributed by atoms with E-state index in [1.54, 1.807) is 30.0 Å². The van der Waals surface area contributed by atoms with Crippen LogP contribution in [0.15, 0.2) is 83.8 Å². The topological polar surface area (TPSA) is 73.2 Å². The molecule has 0 saturated carbocycles. The SMILES string of the molecule is CCCCc1ccc(S(=O)(=O)Nc2cc(-c3ccccc3OC)nn2-c2ccccc2C)cc1. The molecule has 0 atom stereocenters. The predicted molar refractivity (Wildman–Crippen MR) is 136 cm³/mol. The van der Waals surface area contributed by atoms with E-state index in [4.69, 9.17) is 9.84 Å². The van der Waals surface area contributed by atoms with E-state index in [9.17, 15) is 8.42 Å². The van der Waals surface area contributed by atoms with Crippen LogP contribution in [0.25, 0.3) is 16.9 Å². The Bertz CT molecular complexity index is 1380. The fraction of sp³-hybridized carbons (Fsp3) is 0.222. The molecule has 1 aromatic heterocycles. The van der Waals surface area contributed by atoms with Crippen LogP contribution in [0.3, 0.4) is 0 Å². The number of aromatic nitrogens is 2. The Labute approximate surface area is 201 Å². The van der Waals surface area contributed by atoms with Gasteiger partial charge in [0, 0.05) is 11.6 Å². The van der Waals surface area contributed by atoms with Crippen molar-refractivity contribution < 1.29 is 13.2 Å². The number of sulfonamides is 1. The maximum atomic E-state index is 13.3. The van der Waals surface area contributed by atoms with Crippen molar-refractivity contribution in [2.24, 2.45) is 0 Å². The van der Waals surface area contributed by atoms with E-state index < -0.39 is 10.0 Å². The molecule has 3 aromatic carbocycles. The molecule has 0 aliphatic heterocycles. The molecule has 0 aliphatic rings. The van der Waals surface area contributed by atoms with E-state index in [0.29, 0.717) is 17.3 Å². The van der Waals surface area contributed by atoms with E-state index in [0.717, 1.165) is 41.6 Å². The minimum Gasteiger partial charge on any atom is -0.496 e. The third kappa shape index (κ3) is 4.99. The summed E-state index contributed by atoms with van der Waals surface area (Å²) in [4.78, 5) is 0.212. The van der Waals surface area contributed by atoms with Gasteiger partial charge in [0.05, 0.1) is 23.4 Å². The summed E-state index contributed by atoms with van der Waals surface area (Å²) in [5.41, 5.74) is 4.27. The van der Waals surface area contributed by atoms with Crippen LogP contribution in [0.1, 0.15) is 30.9 Å². The Morgan fingerprint density at radius 2 is 1.68 bits per heavy atom. The number of para-hydroxylation sites is 2. The molecular weight excluding hydrogens is 446 g/mol. The summed E-state index contributed by atoms with van der Waals surface area (Å²) in [7, 11) is -2.22. The van der Waals surface area contributed by atoms with Crippen molar-refractivity contribution in [3.05, 3.63) is 90.0 Å². The van der Waals surface area contributed by atoms with E-state index in [1.165, 1.54) is 0 Å². The average Bonchev–Trinajstić information content (AvgIpc) is 3.25. The van der Waals surface area contributed by atoms with Crippen LogP contribution in [0.2, 0.25) is 0 Å². The molecule has 0 aliphatic carbocycles. The van der Waals surface area contributed by atoms with Gasteiger partial charge in [-0.05, 0) is 61.2 Å². The first-order chi connectivity index (χ1) is 16.4. The zero-order valence-corrected chi connectivity index (χ0v) is 20.5. The fourth-order valence-electron chi connectivity index (χ4n) is 3.84. The molecule has 4 rings (SSSR count). The molecule has 0 amide bonds. The van der Waals surface area contributed by atoms with Gasteiger partial charge in [-0.15, -0.1) is 0 Å². The van der Waals surface area contributed by atoms with E-state index in [1.807, 2.05) is 67.6 Å². The molecule has 1 N–H and O–H groups in total. The van der Waals surface area contributed by atoms with Crippen LogP contribution >= 0.6 is 0 Å². The highest BCUT2D eigenvalue weighted by Crippen LogP contribution is 2.33. The number of rotatable bonds is 9. The van der Waals surface area contributed by atoms with Crippen molar-refractivity contribution in [1.82, 2.24) is 9.78 Å². The molecule has 0 spiro atoms. The van der Waals surface area contributed by atoms with E-state index in [-0.39, 0.29) is 4.90 Å². The molecule has 34 heavy (non-hydrogen) atoms. The molecule has 0 unspecified atom stereocenters. The van der Waals surface area contributed by atoms with Crippen LogP contribution in [0.5, 0.6) is 5.75 Å². The van der Waals surface area contributed by atoms with Crippen LogP contribution in [-0.4, -0.2) is 25.3 Å². The van der Waals surface area contributed by atoms with Gasteiger partial charge in [0.25, 0.3) is 10.0 Å². The Morgan fingerprint density at radius 3 is 2.38 bits per heavy atom. The van der Waals surface area contributed by atoms with Gasteiger partial charge in [0.15, 0.2) is 0 Å². The number of benzene rings is 3. The second kappa shape index (κ2) is 10.1. The van der Waals surface area contributed by atoms with Gasteiger partial charge < -0.3 is 4.74 Å². The molecule has 0 fully saturated rings. The highest BCUT2D eigenvalue weighted by molar-refractivity contribution is 7.92. The van der Waals surface area contributed by atoms with Gasteiger partial charge in [-0.25, -0.2) is 13.1 Å². The lowest BCUT2D eigenvalue weighted by Gasteiger charge is -2.12. The highest BCUT2D eigenvalue weighted by Gasteiger charge is 2.21. The van der Waals surface area contributed by atoms with Gasteiger partial charge in [-0.3, -0.25) is 4.72 Å². The quantitative estimate of drug-likeness (QED) is 0.322. The van der Waals surface area contributed by atoms with Crippen LogP contribution in [0.4, 0.5) is 5.82 Å². The molecule has 1 heterocycles. The summed E-state index contributed by atoms with van der Waals surface area (Å²) in [5.74, 6) is 1.01. The van der Waals surface area contributed by atoms with Crippen molar-refractivity contribution in [2.75, 3.05) is 11.8 Å². The lowest BCUT2D eigenvalue weighted by atomic mass is 10.1. The molecular formula is C27H29N3O3S. The zero-order valence-electron chi connectivity index (χ0n) is 19.7. The largest absolute Gasteiger partial charge is 0.496 e. The number of nitrogens with zero attached hydrogens (tertiary/aromatic N) is 2. The predicted octanol–water partition coefficient (Wildman–Crippen LogP) is 6.00. The standard InChI is InChI=1S/C27H29N3O3S/c1-4-5-11-21-15-17-22(18-16-21)34(31,32)29-27-19-24(23-12-7-9-14-26(23)33-3)28-30(27)25-13-8-6-10-20(25)2/h6-10,12-19,29H,4-5,11H2,1-3H3. The Kier molecular flexibility index (Phi) is 7.03. The Hall–Kier alpha value is -3.58. The van der Waals surface area contributed by atoms with Crippen LogP contribution < -0.4 is 9.46 Å². The van der Waals surface area contributed by atoms with Crippen molar-refractivity contribution in [3.8, 4) is 22.7 Å². The Balaban J connectivity index is 1.76. The highest BCUT2D eigenvalue weighted by atomic mass is 32.2. The number of nitrogens with one attached hydrogen (secondary N) is 1. The molecule has 0 saturated heterocycles. The van der Waals surface area contributed by atoms with Crippen molar-refractivity contribution >= 4 is 15.8 Å². The van der Waals surface area contributed by atoms with Gasteiger partial charge in [0.1, 0.15) is 11.6 Å². The minimum absolute atomic E-state index is 0.212. The second-order valence-corrected chi connectivity index (χ2v) is 9.85. The summed E-state index contributed by atoms with van der Waals surface area (Å²) < 4.78 is 36.5. The molecule has 0 radical (unpaired) electrons. The second-order valence-electron chi connectivity index (χ2n) is 8.17. The average molecular weight is 476 g/mol.